The summed E-state index contributed by atoms with van der Waals surface area (Å²) in [7, 11) is 0. The molecule has 0 rings (SSSR count). The van der Waals surface area contributed by atoms with Crippen molar-refractivity contribution < 1.29 is 150 Å². The van der Waals surface area contributed by atoms with Gasteiger partial charge in [0.1, 0.15) is 0 Å². The SMILES string of the molecule is CC(=O)[O-].CC(=O)[O-].O=[N+]([O-])[O-].[Ca+2].[Cl-].[Cl-].[K+].[Li+].[Mg+2].[Na+]. The Morgan fingerprint density at radius 1 is 0.947 bits per heavy atom. The largest absolute Gasteiger partial charge is 2.00 e. The van der Waals surface area contributed by atoms with Crippen molar-refractivity contribution in [3.05, 3.63) is 15.3 Å². The van der Waals surface area contributed by atoms with Gasteiger partial charge in [-0.1, -0.05) is 0 Å². The minimum Gasteiger partial charge on any atom is -1.00 e. The molecule has 8 nitrogen and oxygen atoms in total. The molecular weight excluding hydrogens is 378 g/mol. The third-order valence-electron chi connectivity index (χ3n) is 0. The molecule has 0 radical (unpaired) electrons. The zero-order valence-corrected chi connectivity index (χ0v) is 21.7. The van der Waals surface area contributed by atoms with Crippen LogP contribution in [-0.2, 0) is 9.59 Å². The first-order valence-corrected chi connectivity index (χ1v) is 2.36. The molecule has 0 aliphatic carbocycles. The van der Waals surface area contributed by atoms with Gasteiger partial charge in [0.2, 0.25) is 0 Å². The van der Waals surface area contributed by atoms with Crippen molar-refractivity contribution in [1.29, 1.82) is 0 Å². The zero-order valence-electron chi connectivity index (χ0n) is 11.5. The Morgan fingerprint density at radius 3 is 0.947 bits per heavy atom. The van der Waals surface area contributed by atoms with E-state index in [1.807, 2.05) is 0 Å². The number of carboxylic acid groups (broad SMARTS) is 2. The van der Waals surface area contributed by atoms with Crippen LogP contribution in [0.5, 0.6) is 0 Å². The molecule has 0 fully saturated rings. The standard InChI is InChI=1S/2C2H4O2.Ca.2ClH.K.Li.Mg.NO3.Na/c2*1-2(3)4;;;;;;;2-1(3)4;/h2*1H3,(H,3,4);;2*1H;;;;;/q;;+2;;;2*+1;+2;-1;+1/p-4. The van der Waals surface area contributed by atoms with Crippen LogP contribution in [0, 0.1) is 15.3 Å². The first kappa shape index (κ1) is 65.9. The average Bonchev–Trinajstić information content (AvgIpc) is 1.54. The number of nitrogens with zero attached hydrogens (tertiary/aromatic N) is 1. The topological polar surface area (TPSA) is 146 Å². The van der Waals surface area contributed by atoms with E-state index in [9.17, 15) is 0 Å². The number of rotatable bonds is 0. The third-order valence-corrected chi connectivity index (χ3v) is 0. The predicted octanol–water partition coefficient (Wildman–Crippen LogP) is -18.5. The molecule has 0 aliphatic rings. The summed E-state index contributed by atoms with van der Waals surface area (Å²) in [6.07, 6.45) is 0. The fourth-order valence-corrected chi connectivity index (χ4v) is 0. The molecule has 0 N–H and O–H groups in total. The van der Waals surface area contributed by atoms with E-state index in [-0.39, 0.29) is 185 Å². The summed E-state index contributed by atoms with van der Waals surface area (Å²) in [6.45, 7) is 1.94. The van der Waals surface area contributed by atoms with Gasteiger partial charge < -0.3 is 59.9 Å². The minimum absolute atomic E-state index is 0. The molecule has 0 aromatic rings. The van der Waals surface area contributed by atoms with Gasteiger partial charge in [0.25, 0.3) is 0 Å². The molecular formula is C4H6CaCl2KLiMgNNaO7+2. The molecule has 0 amide bonds. The first-order chi connectivity index (χ1) is 5.20. The summed E-state index contributed by atoms with van der Waals surface area (Å²) in [4.78, 5) is 26.0. The quantitative estimate of drug-likeness (QED) is 0.229. The number of hydrogen-bond acceptors (Lipinski definition) is 7. The van der Waals surface area contributed by atoms with E-state index < -0.39 is 17.0 Å². The van der Waals surface area contributed by atoms with Crippen LogP contribution in [0.3, 0.4) is 0 Å². The first-order valence-electron chi connectivity index (χ1n) is 2.36. The second-order valence-corrected chi connectivity index (χ2v) is 1.21. The number of carboxylic acids is 2. The summed E-state index contributed by atoms with van der Waals surface area (Å²) in [5.74, 6) is -2.17. The van der Waals surface area contributed by atoms with Gasteiger partial charge in [0.15, 0.2) is 0 Å². The number of carbonyl (C=O) groups is 2. The minimum atomic E-state index is -1.75. The molecule has 88 valence electrons. The third kappa shape index (κ3) is 554. The van der Waals surface area contributed by atoms with E-state index in [2.05, 4.69) is 0 Å². The van der Waals surface area contributed by atoms with Crippen molar-refractivity contribution in [2.45, 2.75) is 13.8 Å². The van der Waals surface area contributed by atoms with E-state index in [1.54, 1.807) is 0 Å². The van der Waals surface area contributed by atoms with Crippen LogP contribution in [0.15, 0.2) is 0 Å². The molecule has 0 aromatic carbocycles. The smallest absolute Gasteiger partial charge is 1.00 e. The van der Waals surface area contributed by atoms with Crippen LogP contribution < -0.4 is 135 Å². The van der Waals surface area contributed by atoms with Crippen molar-refractivity contribution in [2.24, 2.45) is 0 Å². The van der Waals surface area contributed by atoms with E-state index in [4.69, 9.17) is 35.1 Å². The van der Waals surface area contributed by atoms with Crippen molar-refractivity contribution in [1.82, 2.24) is 0 Å². The summed E-state index contributed by atoms with van der Waals surface area (Å²) in [5, 5.41) is 32.5. The molecule has 19 heavy (non-hydrogen) atoms. The normalized spacial score (nSPS) is 3.89. The summed E-state index contributed by atoms with van der Waals surface area (Å²) in [6, 6.07) is 0. The average molecular weight is 384 g/mol. The van der Waals surface area contributed by atoms with Gasteiger partial charge in [-0.15, -0.1) is 0 Å². The van der Waals surface area contributed by atoms with Gasteiger partial charge in [-0.3, -0.25) is 0 Å². The molecule has 0 aliphatic heterocycles. The second-order valence-electron chi connectivity index (χ2n) is 1.21. The predicted molar refractivity (Wildman–Crippen MR) is 43.2 cm³/mol. The summed E-state index contributed by atoms with van der Waals surface area (Å²) < 4.78 is 0. The Balaban J connectivity index is -0.00000000675. The van der Waals surface area contributed by atoms with Gasteiger partial charge in [0, 0.05) is 11.9 Å². The van der Waals surface area contributed by atoms with Crippen LogP contribution in [0.2, 0.25) is 0 Å². The zero-order chi connectivity index (χ0) is 10.7. The Morgan fingerprint density at radius 2 is 0.947 bits per heavy atom. The maximum Gasteiger partial charge on any atom is 2.00 e. The van der Waals surface area contributed by atoms with Crippen molar-refractivity contribution in [3.63, 3.8) is 0 Å². The van der Waals surface area contributed by atoms with Crippen LogP contribution in [0.1, 0.15) is 13.8 Å². The van der Waals surface area contributed by atoms with Gasteiger partial charge >= 0.3 is 161 Å². The Labute approximate surface area is 245 Å². The fraction of sp³-hybridized carbons (Fsp3) is 0.500. The monoisotopic (exact) mass is 383 g/mol. The molecule has 0 saturated heterocycles. The Bertz CT molecular complexity index is 149. The maximum absolute atomic E-state index is 8.89. The molecule has 15 heteroatoms. The number of aliphatic carboxylic acids is 2. The molecule has 0 atom stereocenters. The Hall–Kier alpha value is 3.98. The second kappa shape index (κ2) is 57.4. The molecule has 0 spiro atoms. The van der Waals surface area contributed by atoms with E-state index >= 15 is 0 Å². The van der Waals surface area contributed by atoms with Gasteiger partial charge in [-0.2, -0.15) is 0 Å². The maximum atomic E-state index is 8.89. The number of halogens is 2. The summed E-state index contributed by atoms with van der Waals surface area (Å²) >= 11 is 0. The van der Waals surface area contributed by atoms with Gasteiger partial charge in [0.05, 0.1) is 5.09 Å². The van der Waals surface area contributed by atoms with Crippen LogP contribution in [0.25, 0.3) is 0 Å². The fourth-order valence-electron chi connectivity index (χ4n) is 0. The van der Waals surface area contributed by atoms with Crippen LogP contribution >= 0.6 is 0 Å². The molecule has 0 unspecified atom stereocenters. The van der Waals surface area contributed by atoms with Crippen molar-refractivity contribution in [3.8, 4) is 0 Å². The van der Waals surface area contributed by atoms with Crippen LogP contribution in [0.4, 0.5) is 0 Å². The molecule has 0 bridgehead atoms. The number of hydrogen-bond donors (Lipinski definition) is 0. The summed E-state index contributed by atoms with van der Waals surface area (Å²) in [5.41, 5.74) is 0. The molecule has 0 heterocycles. The van der Waals surface area contributed by atoms with E-state index in [0.29, 0.717) is 0 Å². The molecule has 0 saturated carbocycles. The van der Waals surface area contributed by atoms with Gasteiger partial charge in [-0.25, -0.2) is 0 Å². The van der Waals surface area contributed by atoms with E-state index in [0.717, 1.165) is 13.8 Å². The van der Waals surface area contributed by atoms with E-state index in [1.165, 1.54) is 0 Å². The Kier molecular flexibility index (Phi) is 199. The molecule has 0 aromatic heterocycles. The van der Waals surface area contributed by atoms with Gasteiger partial charge in [-0.05, 0) is 13.8 Å². The van der Waals surface area contributed by atoms with Crippen molar-refractivity contribution >= 4 is 72.7 Å². The van der Waals surface area contributed by atoms with Crippen LogP contribution in [-0.4, -0.2) is 77.8 Å². The van der Waals surface area contributed by atoms with Crippen molar-refractivity contribution in [2.75, 3.05) is 0 Å². The number of carbonyl (C=O) groups excluding carboxylic acids is 2.